The first-order valence-corrected chi connectivity index (χ1v) is 14.7. The minimum Gasteiger partial charge on any atom is -0.466 e. The van der Waals surface area contributed by atoms with Crippen molar-refractivity contribution in [3.05, 3.63) is 0 Å². The van der Waals surface area contributed by atoms with Crippen LogP contribution in [0.3, 0.4) is 0 Å². The lowest BCUT2D eigenvalue weighted by atomic mass is 9.46. The summed E-state index contributed by atoms with van der Waals surface area (Å²) < 4.78 is 5.51. The lowest BCUT2D eigenvalue weighted by Gasteiger charge is -2.58. The first-order chi connectivity index (χ1) is 15.6. The van der Waals surface area contributed by atoms with Gasteiger partial charge in [0, 0.05) is 6.92 Å². The van der Waals surface area contributed by atoms with Crippen LogP contribution in [0, 0.1) is 64.1 Å². The Labute approximate surface area is 205 Å². The van der Waals surface area contributed by atoms with Crippen LogP contribution in [0.2, 0.25) is 0 Å². The van der Waals surface area contributed by atoms with Crippen LogP contribution in [0.4, 0.5) is 0 Å². The molecule has 0 aromatic heterocycles. The fraction of sp³-hybridized carbons (Fsp3) is 0.968. The highest BCUT2D eigenvalue weighted by Crippen LogP contribution is 2.69. The molecular weight excluding hydrogens is 404 g/mol. The van der Waals surface area contributed by atoms with Crippen LogP contribution < -0.4 is 0 Å². The van der Waals surface area contributed by atoms with Crippen LogP contribution in [0.5, 0.6) is 0 Å². The molecule has 190 valence electrons. The van der Waals surface area contributed by atoms with Crippen LogP contribution in [0.1, 0.15) is 119 Å². The van der Waals surface area contributed by atoms with Gasteiger partial charge in [0.1, 0.15) is 0 Å². The first-order valence-electron chi connectivity index (χ1n) is 14.7. The SMILES string of the molecule is CC[C@H](CC[C@@H](C)[C@H]1CC[C@H]2[C@@H]3CC[C@@H]4[C@@H](COC(C)=O)CC[C@]4(C)[C@H]3CC[C@]12C)C(C)C. The Morgan fingerprint density at radius 1 is 0.879 bits per heavy atom. The predicted molar refractivity (Wildman–Crippen MR) is 138 cm³/mol. The highest BCUT2D eigenvalue weighted by molar-refractivity contribution is 5.65. The van der Waals surface area contributed by atoms with Gasteiger partial charge in [-0.05, 0) is 122 Å². The zero-order valence-electron chi connectivity index (χ0n) is 23.0. The third-order valence-electron chi connectivity index (χ3n) is 12.3. The van der Waals surface area contributed by atoms with Crippen molar-refractivity contribution in [2.75, 3.05) is 6.61 Å². The van der Waals surface area contributed by atoms with E-state index < -0.39 is 0 Å². The molecule has 4 rings (SSSR count). The summed E-state index contributed by atoms with van der Waals surface area (Å²) in [6.07, 6.45) is 15.6. The second kappa shape index (κ2) is 9.85. The van der Waals surface area contributed by atoms with Gasteiger partial charge in [-0.3, -0.25) is 4.79 Å². The highest BCUT2D eigenvalue weighted by Gasteiger charge is 2.62. The van der Waals surface area contributed by atoms with E-state index in [0.29, 0.717) is 23.4 Å². The molecular formula is C31H54O2. The van der Waals surface area contributed by atoms with E-state index >= 15 is 0 Å². The number of fused-ring (bicyclic) bond motifs is 5. The summed E-state index contributed by atoms with van der Waals surface area (Å²) in [6.45, 7) is 17.4. The second-order valence-corrected chi connectivity index (χ2v) is 13.9. The topological polar surface area (TPSA) is 26.3 Å². The van der Waals surface area contributed by atoms with Crippen molar-refractivity contribution in [2.24, 2.45) is 64.1 Å². The number of carbonyl (C=O) groups excluding carboxylic acids is 1. The van der Waals surface area contributed by atoms with E-state index in [1.54, 1.807) is 6.92 Å². The molecule has 33 heavy (non-hydrogen) atoms. The van der Waals surface area contributed by atoms with Crippen LogP contribution in [-0.2, 0) is 9.53 Å². The molecule has 0 unspecified atom stereocenters. The number of hydrogen-bond acceptors (Lipinski definition) is 2. The molecule has 2 nitrogen and oxygen atoms in total. The van der Waals surface area contributed by atoms with Gasteiger partial charge in [-0.1, -0.05) is 54.4 Å². The lowest BCUT2D eigenvalue weighted by Crippen LogP contribution is -2.51. The number of hydrogen-bond donors (Lipinski definition) is 0. The average Bonchev–Trinajstić information content (AvgIpc) is 3.29. The van der Waals surface area contributed by atoms with Gasteiger partial charge in [-0.15, -0.1) is 0 Å². The van der Waals surface area contributed by atoms with E-state index in [-0.39, 0.29) is 5.97 Å². The highest BCUT2D eigenvalue weighted by atomic mass is 16.5. The predicted octanol–water partition coefficient (Wildman–Crippen LogP) is 8.53. The van der Waals surface area contributed by atoms with Crippen molar-refractivity contribution in [2.45, 2.75) is 119 Å². The van der Waals surface area contributed by atoms with Gasteiger partial charge in [0.15, 0.2) is 0 Å². The first kappa shape index (κ1) is 25.6. The van der Waals surface area contributed by atoms with E-state index in [1.165, 1.54) is 70.6 Å². The Morgan fingerprint density at radius 2 is 1.55 bits per heavy atom. The molecule has 10 atom stereocenters. The molecule has 4 aliphatic carbocycles. The van der Waals surface area contributed by atoms with E-state index in [4.69, 9.17) is 4.74 Å². The van der Waals surface area contributed by atoms with E-state index in [9.17, 15) is 4.79 Å². The third kappa shape index (κ3) is 4.55. The van der Waals surface area contributed by atoms with Crippen molar-refractivity contribution >= 4 is 5.97 Å². The molecule has 4 saturated carbocycles. The fourth-order valence-electron chi connectivity index (χ4n) is 10.4. The maximum atomic E-state index is 11.4. The Hall–Kier alpha value is -0.530. The molecule has 0 saturated heterocycles. The van der Waals surface area contributed by atoms with Gasteiger partial charge < -0.3 is 4.74 Å². The smallest absolute Gasteiger partial charge is 0.302 e. The normalized spacial score (nSPS) is 44.1. The largest absolute Gasteiger partial charge is 0.466 e. The molecule has 0 amide bonds. The van der Waals surface area contributed by atoms with Crippen molar-refractivity contribution < 1.29 is 9.53 Å². The van der Waals surface area contributed by atoms with Crippen molar-refractivity contribution in [3.63, 3.8) is 0 Å². The molecule has 2 heteroatoms. The molecule has 0 N–H and O–H groups in total. The summed E-state index contributed by atoms with van der Waals surface area (Å²) >= 11 is 0. The van der Waals surface area contributed by atoms with Crippen molar-refractivity contribution in [1.82, 2.24) is 0 Å². The maximum Gasteiger partial charge on any atom is 0.302 e. The minimum absolute atomic E-state index is 0.101. The molecule has 0 aromatic carbocycles. The number of rotatable bonds is 8. The fourth-order valence-corrected chi connectivity index (χ4v) is 10.4. The number of carbonyl (C=O) groups is 1. The second-order valence-electron chi connectivity index (χ2n) is 13.9. The van der Waals surface area contributed by atoms with Crippen LogP contribution in [0.25, 0.3) is 0 Å². The summed E-state index contributed by atoms with van der Waals surface area (Å²) in [5, 5.41) is 0. The third-order valence-corrected chi connectivity index (χ3v) is 12.3. The maximum absolute atomic E-state index is 11.4. The Balaban J connectivity index is 1.42. The standard InChI is InChI=1S/C31H54O2/c1-8-23(20(2)3)10-9-21(4)26-13-14-28-25-11-12-27-24(19-33-22(5)32)15-17-31(27,7)29(25)16-18-30(26,28)6/h20-21,23-29H,8-19H2,1-7H3/t21-,23-,24-,25+,26-,27-,28+,29+,30-,31+/m1/s1. The van der Waals surface area contributed by atoms with Gasteiger partial charge in [-0.2, -0.15) is 0 Å². The molecule has 0 spiro atoms. The van der Waals surface area contributed by atoms with Crippen molar-refractivity contribution in [1.29, 1.82) is 0 Å². The molecule has 0 radical (unpaired) electrons. The molecule has 4 fully saturated rings. The van der Waals surface area contributed by atoms with Gasteiger partial charge in [0.25, 0.3) is 0 Å². The Morgan fingerprint density at radius 3 is 2.21 bits per heavy atom. The quantitative estimate of drug-likeness (QED) is 0.341. The molecule has 0 aliphatic heterocycles. The molecule has 0 aromatic rings. The molecule has 0 heterocycles. The average molecular weight is 459 g/mol. The van der Waals surface area contributed by atoms with E-state index in [1.807, 2.05) is 0 Å². The summed E-state index contributed by atoms with van der Waals surface area (Å²) in [6, 6.07) is 0. The number of esters is 1. The van der Waals surface area contributed by atoms with Crippen LogP contribution >= 0.6 is 0 Å². The summed E-state index contributed by atoms with van der Waals surface area (Å²) in [5.41, 5.74) is 1.07. The van der Waals surface area contributed by atoms with Gasteiger partial charge in [-0.25, -0.2) is 0 Å². The van der Waals surface area contributed by atoms with E-state index in [2.05, 4.69) is 41.5 Å². The Bertz CT molecular complexity index is 684. The van der Waals surface area contributed by atoms with Crippen LogP contribution in [0.15, 0.2) is 0 Å². The lowest BCUT2D eigenvalue weighted by molar-refractivity contribution is -0.144. The number of ether oxygens (including phenoxy) is 1. The van der Waals surface area contributed by atoms with Crippen LogP contribution in [-0.4, -0.2) is 12.6 Å². The zero-order valence-corrected chi connectivity index (χ0v) is 23.0. The summed E-state index contributed by atoms with van der Waals surface area (Å²) in [4.78, 5) is 11.4. The van der Waals surface area contributed by atoms with Gasteiger partial charge >= 0.3 is 5.97 Å². The molecule has 0 bridgehead atoms. The molecule has 4 aliphatic rings. The zero-order chi connectivity index (χ0) is 24.0. The van der Waals surface area contributed by atoms with Gasteiger partial charge in [0.05, 0.1) is 6.61 Å². The monoisotopic (exact) mass is 458 g/mol. The Kier molecular flexibility index (Phi) is 7.63. The van der Waals surface area contributed by atoms with Gasteiger partial charge in [0.2, 0.25) is 0 Å². The van der Waals surface area contributed by atoms with Crippen molar-refractivity contribution in [3.8, 4) is 0 Å². The summed E-state index contributed by atoms with van der Waals surface area (Å²) in [5.74, 6) is 7.68. The van der Waals surface area contributed by atoms with E-state index in [0.717, 1.165) is 47.3 Å². The summed E-state index contributed by atoms with van der Waals surface area (Å²) in [7, 11) is 0. The minimum atomic E-state index is -0.101.